The van der Waals surface area contributed by atoms with Crippen molar-refractivity contribution < 1.29 is 14.3 Å². The molecule has 144 valence electrons. The molecule has 3 rings (SSSR count). The third kappa shape index (κ3) is 4.51. The topological polar surface area (TPSA) is 92.6 Å². The maximum absolute atomic E-state index is 12.4. The molecular weight excluding hydrogens is 336 g/mol. The predicted molar refractivity (Wildman–Crippen MR) is 94.8 cm³/mol. The monoisotopic (exact) mass is 364 g/mol. The van der Waals surface area contributed by atoms with E-state index in [4.69, 9.17) is 4.74 Å². The molecular formula is C17H28N6O3. The summed E-state index contributed by atoms with van der Waals surface area (Å²) in [7, 11) is 0. The second-order valence-corrected chi connectivity index (χ2v) is 6.74. The van der Waals surface area contributed by atoms with Crippen molar-refractivity contribution in [2.45, 2.75) is 45.2 Å². The van der Waals surface area contributed by atoms with E-state index in [9.17, 15) is 9.59 Å². The molecule has 2 aliphatic heterocycles. The van der Waals surface area contributed by atoms with Crippen LogP contribution in [0.4, 0.5) is 4.79 Å². The van der Waals surface area contributed by atoms with Crippen molar-refractivity contribution in [3.05, 3.63) is 11.9 Å². The van der Waals surface area contributed by atoms with Crippen LogP contribution in [0.2, 0.25) is 0 Å². The highest BCUT2D eigenvalue weighted by molar-refractivity contribution is 5.91. The fourth-order valence-corrected chi connectivity index (χ4v) is 3.54. The number of aryl methyl sites for hydroxylation is 1. The smallest absolute Gasteiger partial charge is 0.317 e. The lowest BCUT2D eigenvalue weighted by molar-refractivity contribution is 0.0299. The number of hydrogen-bond donors (Lipinski definition) is 1. The Hall–Kier alpha value is -2.16. The summed E-state index contributed by atoms with van der Waals surface area (Å²) in [5, 5.41) is 11.0. The number of carbonyl (C=O) groups excluding carboxylic acids is 2. The molecule has 1 unspecified atom stereocenters. The van der Waals surface area contributed by atoms with Crippen LogP contribution in [0.25, 0.3) is 0 Å². The molecule has 9 heteroatoms. The van der Waals surface area contributed by atoms with Gasteiger partial charge in [-0.2, -0.15) is 0 Å². The lowest BCUT2D eigenvalue weighted by Gasteiger charge is -2.35. The van der Waals surface area contributed by atoms with Crippen LogP contribution in [-0.2, 0) is 11.3 Å². The number of morpholine rings is 1. The van der Waals surface area contributed by atoms with E-state index in [0.29, 0.717) is 45.1 Å². The first-order valence-electron chi connectivity index (χ1n) is 9.50. The zero-order valence-corrected chi connectivity index (χ0v) is 15.4. The van der Waals surface area contributed by atoms with E-state index < -0.39 is 0 Å². The summed E-state index contributed by atoms with van der Waals surface area (Å²) in [6.45, 7) is 6.33. The van der Waals surface area contributed by atoms with Gasteiger partial charge in [0.25, 0.3) is 5.91 Å². The van der Waals surface area contributed by atoms with Crippen LogP contribution in [0.5, 0.6) is 0 Å². The van der Waals surface area contributed by atoms with Crippen LogP contribution >= 0.6 is 0 Å². The molecule has 26 heavy (non-hydrogen) atoms. The summed E-state index contributed by atoms with van der Waals surface area (Å²) in [4.78, 5) is 28.3. The Balaban J connectivity index is 1.55. The molecule has 0 aromatic carbocycles. The third-order valence-electron chi connectivity index (χ3n) is 4.96. The Morgan fingerprint density at radius 2 is 2.08 bits per heavy atom. The van der Waals surface area contributed by atoms with E-state index in [1.54, 1.807) is 15.8 Å². The van der Waals surface area contributed by atoms with Gasteiger partial charge in [0, 0.05) is 38.8 Å². The van der Waals surface area contributed by atoms with E-state index in [1.165, 1.54) is 0 Å². The highest BCUT2D eigenvalue weighted by Gasteiger charge is 2.26. The van der Waals surface area contributed by atoms with Gasteiger partial charge in [-0.3, -0.25) is 9.48 Å². The molecule has 1 N–H and O–H groups in total. The van der Waals surface area contributed by atoms with E-state index >= 15 is 0 Å². The number of nitrogens with zero attached hydrogens (tertiary/aromatic N) is 5. The SMILES string of the molecule is CCNC(=O)N1CCCCC1CCn1cc(C(=O)N2CCOCC2)nn1. The quantitative estimate of drug-likeness (QED) is 0.831. The lowest BCUT2D eigenvalue weighted by Crippen LogP contribution is -2.48. The van der Waals surface area contributed by atoms with E-state index in [-0.39, 0.29) is 18.0 Å². The van der Waals surface area contributed by atoms with Gasteiger partial charge in [-0.05, 0) is 32.6 Å². The van der Waals surface area contributed by atoms with E-state index in [0.717, 1.165) is 32.2 Å². The number of amides is 3. The molecule has 3 amide bonds. The van der Waals surface area contributed by atoms with Crippen LogP contribution in [0.15, 0.2) is 6.20 Å². The Kier molecular flexibility index (Phi) is 6.43. The molecule has 9 nitrogen and oxygen atoms in total. The maximum atomic E-state index is 12.4. The van der Waals surface area contributed by atoms with Gasteiger partial charge in [-0.25, -0.2) is 4.79 Å². The molecule has 0 aliphatic carbocycles. The van der Waals surface area contributed by atoms with Gasteiger partial charge in [0.2, 0.25) is 0 Å². The van der Waals surface area contributed by atoms with Crippen LogP contribution in [0.1, 0.15) is 43.1 Å². The minimum atomic E-state index is -0.0961. The number of urea groups is 1. The summed E-state index contributed by atoms with van der Waals surface area (Å²) in [6, 6.07) is 0.219. The standard InChI is InChI=1S/C17H28N6O3/c1-2-18-17(25)23-7-4-3-5-14(23)6-8-22-13-15(19-20-22)16(24)21-9-11-26-12-10-21/h13-14H,2-12H2,1H3,(H,18,25). The minimum absolute atomic E-state index is 0.0129. The van der Waals surface area contributed by atoms with Crippen molar-refractivity contribution >= 4 is 11.9 Å². The zero-order chi connectivity index (χ0) is 18.4. The number of hydrogen-bond acceptors (Lipinski definition) is 5. The van der Waals surface area contributed by atoms with Gasteiger partial charge in [0.05, 0.1) is 19.4 Å². The number of ether oxygens (including phenoxy) is 1. The highest BCUT2D eigenvalue weighted by atomic mass is 16.5. The summed E-state index contributed by atoms with van der Waals surface area (Å²) < 4.78 is 6.98. The normalized spacial score (nSPS) is 20.9. The number of piperidine rings is 1. The second kappa shape index (κ2) is 8.98. The first-order chi connectivity index (χ1) is 12.7. The summed E-state index contributed by atoms with van der Waals surface area (Å²) >= 11 is 0. The van der Waals surface area contributed by atoms with Crippen LogP contribution < -0.4 is 5.32 Å². The zero-order valence-electron chi connectivity index (χ0n) is 15.4. The van der Waals surface area contributed by atoms with Gasteiger partial charge in [0.15, 0.2) is 5.69 Å². The van der Waals surface area contributed by atoms with E-state index in [1.807, 2.05) is 11.8 Å². The number of carbonyl (C=O) groups is 2. The van der Waals surface area contributed by atoms with Gasteiger partial charge >= 0.3 is 6.03 Å². The molecule has 0 radical (unpaired) electrons. The van der Waals surface area contributed by atoms with Gasteiger partial charge < -0.3 is 19.9 Å². The fraction of sp³-hybridized carbons (Fsp3) is 0.765. The summed E-state index contributed by atoms with van der Waals surface area (Å²) in [5.74, 6) is -0.0961. The van der Waals surface area contributed by atoms with Gasteiger partial charge in [0.1, 0.15) is 0 Å². The van der Waals surface area contributed by atoms with Gasteiger partial charge in [-0.15, -0.1) is 5.10 Å². The molecule has 1 aromatic rings. The average molecular weight is 364 g/mol. The van der Waals surface area contributed by atoms with Crippen molar-refractivity contribution in [2.75, 3.05) is 39.4 Å². The molecule has 3 heterocycles. The van der Waals surface area contributed by atoms with Crippen LogP contribution in [-0.4, -0.2) is 82.2 Å². The number of likely N-dealkylation sites (tertiary alicyclic amines) is 1. The van der Waals surface area contributed by atoms with Crippen molar-refractivity contribution in [3.63, 3.8) is 0 Å². The largest absolute Gasteiger partial charge is 0.378 e. The third-order valence-corrected chi connectivity index (χ3v) is 4.96. The Bertz CT molecular complexity index is 613. The average Bonchev–Trinajstić information content (AvgIpc) is 3.16. The van der Waals surface area contributed by atoms with Crippen molar-refractivity contribution in [1.29, 1.82) is 0 Å². The maximum Gasteiger partial charge on any atom is 0.317 e. The number of nitrogens with one attached hydrogen (secondary N) is 1. The Labute approximate surface area is 153 Å². The summed E-state index contributed by atoms with van der Waals surface area (Å²) in [5.41, 5.74) is 0.371. The highest BCUT2D eigenvalue weighted by Crippen LogP contribution is 2.20. The molecule has 0 spiro atoms. The van der Waals surface area contributed by atoms with Crippen molar-refractivity contribution in [3.8, 4) is 0 Å². The molecule has 0 saturated carbocycles. The molecule has 1 atom stereocenters. The first-order valence-corrected chi connectivity index (χ1v) is 9.50. The first kappa shape index (κ1) is 18.6. The van der Waals surface area contributed by atoms with Gasteiger partial charge in [-0.1, -0.05) is 5.21 Å². The molecule has 1 aromatic heterocycles. The van der Waals surface area contributed by atoms with Crippen molar-refractivity contribution in [1.82, 2.24) is 30.1 Å². The predicted octanol–water partition coefficient (Wildman–Crippen LogP) is 0.725. The van der Waals surface area contributed by atoms with Crippen molar-refractivity contribution in [2.24, 2.45) is 0 Å². The number of aromatic nitrogens is 3. The Morgan fingerprint density at radius 1 is 1.27 bits per heavy atom. The summed E-state index contributed by atoms with van der Waals surface area (Å²) in [6.07, 6.45) is 5.71. The Morgan fingerprint density at radius 3 is 2.85 bits per heavy atom. The molecule has 2 saturated heterocycles. The fourth-order valence-electron chi connectivity index (χ4n) is 3.54. The van der Waals surface area contributed by atoms with Crippen LogP contribution in [0, 0.1) is 0 Å². The number of rotatable bonds is 5. The van der Waals surface area contributed by atoms with Crippen LogP contribution in [0.3, 0.4) is 0 Å². The van der Waals surface area contributed by atoms with E-state index in [2.05, 4.69) is 15.6 Å². The molecule has 2 aliphatic rings. The second-order valence-electron chi connectivity index (χ2n) is 6.74. The lowest BCUT2D eigenvalue weighted by atomic mass is 10.00. The molecule has 0 bridgehead atoms. The molecule has 2 fully saturated rings. The minimum Gasteiger partial charge on any atom is -0.378 e.